The minimum atomic E-state index is -0.562. The second kappa shape index (κ2) is 6.27. The lowest BCUT2D eigenvalue weighted by Crippen LogP contribution is -2.39. The highest BCUT2D eigenvalue weighted by molar-refractivity contribution is 5.35. The highest BCUT2D eigenvalue weighted by atomic mass is 16.2. The molecule has 0 saturated carbocycles. The van der Waals surface area contributed by atoms with E-state index in [1.165, 1.54) is 14.7 Å². The molecule has 1 heterocycles. The van der Waals surface area contributed by atoms with Gasteiger partial charge in [-0.15, -0.1) is 5.92 Å². The third kappa shape index (κ3) is 3.14. The second-order valence-electron chi connectivity index (χ2n) is 5.08. The van der Waals surface area contributed by atoms with Crippen LogP contribution in [0.25, 0.3) is 5.69 Å². The van der Waals surface area contributed by atoms with E-state index >= 15 is 0 Å². The fourth-order valence-corrected chi connectivity index (χ4v) is 2.02. The molecule has 0 amide bonds. The van der Waals surface area contributed by atoms with Crippen LogP contribution in [0.5, 0.6) is 0 Å². The summed E-state index contributed by atoms with van der Waals surface area (Å²) in [5, 5.41) is 0. The molecule has 0 saturated heterocycles. The van der Waals surface area contributed by atoms with Crippen LogP contribution in [0.3, 0.4) is 0 Å². The molecule has 0 bridgehead atoms. The van der Waals surface area contributed by atoms with E-state index in [0.29, 0.717) is 11.6 Å². The minimum Gasteiger partial charge on any atom is -0.298 e. The first kappa shape index (κ1) is 14.9. The predicted molar refractivity (Wildman–Crippen MR) is 83.8 cm³/mol. The summed E-state index contributed by atoms with van der Waals surface area (Å²) in [6, 6.07) is 7.65. The molecule has 1 aromatic carbocycles. The Balaban J connectivity index is 2.45. The second-order valence-corrected chi connectivity index (χ2v) is 5.08. The fourth-order valence-electron chi connectivity index (χ4n) is 2.02. The molecule has 0 fully saturated rings. The van der Waals surface area contributed by atoms with Crippen LogP contribution in [0.4, 0.5) is 0 Å². The van der Waals surface area contributed by atoms with Gasteiger partial charge in [-0.25, -0.2) is 0 Å². The van der Waals surface area contributed by atoms with Gasteiger partial charge in [0.1, 0.15) is 0 Å². The van der Waals surface area contributed by atoms with Crippen molar-refractivity contribution in [2.75, 3.05) is 0 Å². The summed E-state index contributed by atoms with van der Waals surface area (Å²) < 4.78 is 2.68. The van der Waals surface area contributed by atoms with Gasteiger partial charge in [0.15, 0.2) is 0 Å². The van der Waals surface area contributed by atoms with Gasteiger partial charge in [0, 0.05) is 18.1 Å². The molecule has 0 aliphatic rings. The van der Waals surface area contributed by atoms with Crippen LogP contribution < -0.4 is 11.1 Å². The Morgan fingerprint density at radius 1 is 1.05 bits per heavy atom. The molecule has 0 N–H and O–H groups in total. The van der Waals surface area contributed by atoms with Crippen LogP contribution in [0.1, 0.15) is 32.3 Å². The van der Waals surface area contributed by atoms with Crippen molar-refractivity contribution >= 4 is 0 Å². The lowest BCUT2D eigenvalue weighted by molar-refractivity contribution is 0.743. The van der Waals surface area contributed by atoms with Crippen molar-refractivity contribution in [3.8, 4) is 17.5 Å². The number of benzene rings is 1. The van der Waals surface area contributed by atoms with Crippen LogP contribution in [0.2, 0.25) is 0 Å². The summed E-state index contributed by atoms with van der Waals surface area (Å²) >= 11 is 0. The van der Waals surface area contributed by atoms with Crippen molar-refractivity contribution < 1.29 is 0 Å². The van der Waals surface area contributed by atoms with Gasteiger partial charge < -0.3 is 0 Å². The number of rotatable bonds is 3. The van der Waals surface area contributed by atoms with Crippen molar-refractivity contribution in [1.29, 1.82) is 0 Å². The molecule has 1 aromatic heterocycles. The molecule has 0 unspecified atom stereocenters. The third-order valence-corrected chi connectivity index (χ3v) is 3.32. The van der Waals surface area contributed by atoms with Crippen LogP contribution in [-0.2, 0) is 6.54 Å². The lowest BCUT2D eigenvalue weighted by Gasteiger charge is -2.09. The smallest absolute Gasteiger partial charge is 0.298 e. The SMILES string of the molecule is CC#CCn1ccn(-c2ccc(C(C)C)cc2)c(=O)c1=O. The molecule has 0 aliphatic carbocycles. The van der Waals surface area contributed by atoms with E-state index in [-0.39, 0.29) is 6.54 Å². The van der Waals surface area contributed by atoms with E-state index in [2.05, 4.69) is 25.7 Å². The Hall–Kier alpha value is -2.54. The Kier molecular flexibility index (Phi) is 4.44. The van der Waals surface area contributed by atoms with Crippen LogP contribution in [0.15, 0.2) is 46.2 Å². The van der Waals surface area contributed by atoms with Gasteiger partial charge in [-0.05, 0) is 30.5 Å². The first-order chi connectivity index (χ1) is 10.0. The van der Waals surface area contributed by atoms with Crippen molar-refractivity contribution in [3.63, 3.8) is 0 Å². The largest absolute Gasteiger partial charge is 0.321 e. The Labute approximate surface area is 123 Å². The zero-order chi connectivity index (χ0) is 15.4. The Bertz CT molecular complexity index is 800. The van der Waals surface area contributed by atoms with Crippen LogP contribution in [-0.4, -0.2) is 9.13 Å². The van der Waals surface area contributed by atoms with Gasteiger partial charge in [-0.1, -0.05) is 31.9 Å². The molecule has 0 aliphatic heterocycles. The molecule has 4 heteroatoms. The van der Waals surface area contributed by atoms with E-state index in [1.807, 2.05) is 24.3 Å². The van der Waals surface area contributed by atoms with Crippen LogP contribution in [0, 0.1) is 11.8 Å². The van der Waals surface area contributed by atoms with Crippen molar-refractivity contribution in [3.05, 3.63) is 62.9 Å². The van der Waals surface area contributed by atoms with E-state index in [0.717, 1.165) is 0 Å². The van der Waals surface area contributed by atoms with Gasteiger partial charge in [0.25, 0.3) is 0 Å². The quantitative estimate of drug-likeness (QED) is 0.639. The molecule has 0 atom stereocenters. The third-order valence-electron chi connectivity index (χ3n) is 3.32. The summed E-state index contributed by atoms with van der Waals surface area (Å²) in [4.78, 5) is 24.2. The highest BCUT2D eigenvalue weighted by Gasteiger charge is 2.06. The summed E-state index contributed by atoms with van der Waals surface area (Å²) in [5.74, 6) is 5.91. The zero-order valence-corrected chi connectivity index (χ0v) is 12.5. The molecule has 0 spiro atoms. The van der Waals surface area contributed by atoms with Crippen molar-refractivity contribution in [2.45, 2.75) is 33.2 Å². The fraction of sp³-hybridized carbons (Fsp3) is 0.294. The number of nitrogens with zero attached hydrogens (tertiary/aromatic N) is 2. The number of hydrogen-bond acceptors (Lipinski definition) is 2. The normalized spacial score (nSPS) is 10.3. The van der Waals surface area contributed by atoms with E-state index < -0.39 is 11.1 Å². The van der Waals surface area contributed by atoms with E-state index in [4.69, 9.17) is 0 Å². The molecule has 2 aromatic rings. The molecular weight excluding hydrogens is 264 g/mol. The van der Waals surface area contributed by atoms with Crippen LogP contribution >= 0.6 is 0 Å². The van der Waals surface area contributed by atoms with Gasteiger partial charge in [-0.3, -0.25) is 18.7 Å². The Morgan fingerprint density at radius 3 is 2.29 bits per heavy atom. The summed E-state index contributed by atoms with van der Waals surface area (Å²) in [5.41, 5.74) is 0.759. The average molecular weight is 282 g/mol. The maximum Gasteiger partial charge on any atom is 0.321 e. The lowest BCUT2D eigenvalue weighted by atomic mass is 10.0. The summed E-state index contributed by atoms with van der Waals surface area (Å²) in [7, 11) is 0. The molecule has 108 valence electrons. The molecule has 4 nitrogen and oxygen atoms in total. The van der Waals surface area contributed by atoms with Crippen molar-refractivity contribution in [2.24, 2.45) is 0 Å². The van der Waals surface area contributed by atoms with Crippen molar-refractivity contribution in [1.82, 2.24) is 9.13 Å². The molecular formula is C17H18N2O2. The zero-order valence-electron chi connectivity index (χ0n) is 12.5. The summed E-state index contributed by atoms with van der Waals surface area (Å²) in [6.07, 6.45) is 3.19. The Morgan fingerprint density at radius 2 is 1.71 bits per heavy atom. The predicted octanol–water partition coefficient (Wildman–Crippen LogP) is 2.15. The van der Waals surface area contributed by atoms with Gasteiger partial charge in [0.05, 0.1) is 6.54 Å². The number of hydrogen-bond donors (Lipinski definition) is 0. The minimum absolute atomic E-state index is 0.234. The van der Waals surface area contributed by atoms with Gasteiger partial charge >= 0.3 is 11.1 Å². The maximum atomic E-state index is 12.2. The monoisotopic (exact) mass is 282 g/mol. The first-order valence-electron chi connectivity index (χ1n) is 6.86. The average Bonchev–Trinajstić information content (AvgIpc) is 2.49. The topological polar surface area (TPSA) is 44.0 Å². The molecule has 0 radical (unpaired) electrons. The first-order valence-corrected chi connectivity index (χ1v) is 6.86. The molecule has 21 heavy (non-hydrogen) atoms. The standard InChI is InChI=1S/C17H18N2O2/c1-4-5-10-18-11-12-19(17(21)16(18)20)15-8-6-14(7-9-15)13(2)3/h6-9,11-13H,10H2,1-3H3. The van der Waals surface area contributed by atoms with E-state index in [1.54, 1.807) is 19.3 Å². The van der Waals surface area contributed by atoms with Gasteiger partial charge in [-0.2, -0.15) is 0 Å². The number of aromatic nitrogens is 2. The van der Waals surface area contributed by atoms with Gasteiger partial charge in [0.2, 0.25) is 0 Å². The van der Waals surface area contributed by atoms with E-state index in [9.17, 15) is 9.59 Å². The highest BCUT2D eigenvalue weighted by Crippen LogP contribution is 2.15. The maximum absolute atomic E-state index is 12.2. The summed E-state index contributed by atoms with van der Waals surface area (Å²) in [6.45, 7) is 6.15. The molecule has 2 rings (SSSR count).